The standard InChI is InChI=1S/C25H29N3O3S/c1-15(2)9-16-10-18-21(11-20(16)30-6)31-12-19-22(24(29)26-14-25(3,4)5)27-28(23(18)19)17-7-8-32-13-17/h7-11,13H,12,14H2,1-6H3,(H,26,29). The Hall–Kier alpha value is -3.06. The predicted molar refractivity (Wildman–Crippen MR) is 129 cm³/mol. The van der Waals surface area contributed by atoms with E-state index in [9.17, 15) is 4.79 Å². The van der Waals surface area contributed by atoms with Gasteiger partial charge in [0.2, 0.25) is 0 Å². The average Bonchev–Trinajstić information content (AvgIpc) is 3.38. The average molecular weight is 452 g/mol. The summed E-state index contributed by atoms with van der Waals surface area (Å²) in [5, 5.41) is 11.8. The summed E-state index contributed by atoms with van der Waals surface area (Å²) in [5.74, 6) is 1.28. The molecule has 2 aromatic heterocycles. The SMILES string of the molecule is COc1cc2c(cc1C=C(C)C)-c1c(c(C(=O)NCC(C)(C)C)nn1-c1ccsc1)CO2. The molecule has 168 valence electrons. The van der Waals surface area contributed by atoms with Crippen LogP contribution in [0.4, 0.5) is 0 Å². The Morgan fingerprint density at radius 2 is 2.12 bits per heavy atom. The third-order valence-electron chi connectivity index (χ3n) is 5.13. The molecular weight excluding hydrogens is 422 g/mol. The molecule has 0 aliphatic carbocycles. The van der Waals surface area contributed by atoms with Crippen molar-refractivity contribution >= 4 is 23.3 Å². The van der Waals surface area contributed by atoms with Crippen LogP contribution in [-0.4, -0.2) is 29.3 Å². The number of carbonyl (C=O) groups is 1. The minimum absolute atomic E-state index is 0.0233. The zero-order chi connectivity index (χ0) is 23.0. The van der Waals surface area contributed by atoms with Crippen LogP contribution in [0, 0.1) is 5.41 Å². The van der Waals surface area contributed by atoms with E-state index in [0.717, 1.165) is 45.1 Å². The molecule has 0 saturated carbocycles. The Labute approximate surface area is 192 Å². The molecule has 0 radical (unpaired) electrons. The van der Waals surface area contributed by atoms with Crippen LogP contribution in [0.3, 0.4) is 0 Å². The van der Waals surface area contributed by atoms with Gasteiger partial charge < -0.3 is 14.8 Å². The fourth-order valence-electron chi connectivity index (χ4n) is 3.67. The van der Waals surface area contributed by atoms with Crippen LogP contribution < -0.4 is 14.8 Å². The van der Waals surface area contributed by atoms with Crippen molar-refractivity contribution in [1.29, 1.82) is 0 Å². The molecule has 7 heteroatoms. The first kappa shape index (κ1) is 22.1. The summed E-state index contributed by atoms with van der Waals surface area (Å²) in [6, 6.07) is 5.97. The topological polar surface area (TPSA) is 65.4 Å². The number of ether oxygens (including phenoxy) is 2. The highest BCUT2D eigenvalue weighted by atomic mass is 32.1. The maximum absolute atomic E-state index is 13.1. The van der Waals surface area contributed by atoms with E-state index in [1.807, 2.05) is 41.4 Å². The summed E-state index contributed by atoms with van der Waals surface area (Å²) in [6.07, 6.45) is 2.08. The molecule has 1 amide bonds. The van der Waals surface area contributed by atoms with Gasteiger partial charge in [0.25, 0.3) is 5.91 Å². The van der Waals surface area contributed by atoms with Crippen molar-refractivity contribution in [3.8, 4) is 28.4 Å². The first-order chi connectivity index (χ1) is 15.2. The minimum atomic E-state index is -0.185. The van der Waals surface area contributed by atoms with Crippen molar-refractivity contribution in [2.24, 2.45) is 5.41 Å². The molecule has 1 N–H and O–H groups in total. The van der Waals surface area contributed by atoms with E-state index in [1.54, 1.807) is 18.4 Å². The molecule has 0 bridgehead atoms. The second-order valence-corrected chi connectivity index (χ2v) is 10.2. The number of nitrogens with zero attached hydrogens (tertiary/aromatic N) is 2. The van der Waals surface area contributed by atoms with Gasteiger partial charge in [-0.15, -0.1) is 0 Å². The third-order valence-corrected chi connectivity index (χ3v) is 5.80. The maximum Gasteiger partial charge on any atom is 0.272 e. The highest BCUT2D eigenvalue weighted by Crippen LogP contribution is 2.44. The van der Waals surface area contributed by atoms with Crippen LogP contribution in [0.25, 0.3) is 23.0 Å². The molecule has 0 fully saturated rings. The molecule has 0 spiro atoms. The summed E-state index contributed by atoms with van der Waals surface area (Å²) in [7, 11) is 1.66. The van der Waals surface area contributed by atoms with Crippen LogP contribution in [-0.2, 0) is 6.61 Å². The van der Waals surface area contributed by atoms with E-state index in [-0.39, 0.29) is 17.9 Å². The van der Waals surface area contributed by atoms with Crippen LogP contribution in [0.5, 0.6) is 11.5 Å². The van der Waals surface area contributed by atoms with Gasteiger partial charge in [-0.2, -0.15) is 16.4 Å². The second kappa shape index (κ2) is 8.47. The highest BCUT2D eigenvalue weighted by molar-refractivity contribution is 7.08. The molecule has 0 saturated heterocycles. The number of carbonyl (C=O) groups excluding carboxylic acids is 1. The van der Waals surface area contributed by atoms with Gasteiger partial charge in [-0.1, -0.05) is 32.4 Å². The van der Waals surface area contributed by atoms with Crippen LogP contribution in [0.1, 0.15) is 56.2 Å². The molecule has 3 aromatic rings. The lowest BCUT2D eigenvalue weighted by molar-refractivity contribution is 0.0931. The number of rotatable bonds is 5. The van der Waals surface area contributed by atoms with E-state index < -0.39 is 0 Å². The summed E-state index contributed by atoms with van der Waals surface area (Å²) in [6.45, 7) is 11.2. The quantitative estimate of drug-likeness (QED) is 0.540. The molecule has 4 rings (SSSR count). The van der Waals surface area contributed by atoms with Crippen molar-refractivity contribution < 1.29 is 14.3 Å². The van der Waals surface area contributed by atoms with E-state index >= 15 is 0 Å². The van der Waals surface area contributed by atoms with Crippen LogP contribution >= 0.6 is 11.3 Å². The number of methoxy groups -OCH3 is 1. The van der Waals surface area contributed by atoms with E-state index in [4.69, 9.17) is 14.6 Å². The lowest BCUT2D eigenvalue weighted by Gasteiger charge is -2.22. The van der Waals surface area contributed by atoms with Crippen molar-refractivity contribution in [2.45, 2.75) is 41.2 Å². The molecule has 1 aliphatic rings. The number of fused-ring (bicyclic) bond motifs is 3. The number of allylic oxidation sites excluding steroid dienone is 1. The Bertz CT molecular complexity index is 1180. The van der Waals surface area contributed by atoms with E-state index in [2.05, 4.69) is 38.2 Å². The summed E-state index contributed by atoms with van der Waals surface area (Å²) in [5.41, 5.74) is 6.00. The second-order valence-electron chi connectivity index (χ2n) is 9.41. The van der Waals surface area contributed by atoms with Gasteiger partial charge in [-0.3, -0.25) is 4.79 Å². The van der Waals surface area contributed by atoms with Gasteiger partial charge in [-0.25, -0.2) is 4.68 Å². The summed E-state index contributed by atoms with van der Waals surface area (Å²) in [4.78, 5) is 13.1. The van der Waals surface area contributed by atoms with Crippen molar-refractivity contribution in [3.05, 3.63) is 51.4 Å². The molecule has 1 aromatic carbocycles. The van der Waals surface area contributed by atoms with Crippen LogP contribution in [0.15, 0.2) is 34.5 Å². The first-order valence-electron chi connectivity index (χ1n) is 10.6. The lowest BCUT2D eigenvalue weighted by Crippen LogP contribution is -2.33. The first-order valence-corrected chi connectivity index (χ1v) is 11.5. The van der Waals surface area contributed by atoms with Gasteiger partial charge in [-0.05, 0) is 36.8 Å². The van der Waals surface area contributed by atoms with Crippen LogP contribution in [0.2, 0.25) is 0 Å². The number of hydrogen-bond donors (Lipinski definition) is 1. The van der Waals surface area contributed by atoms with Crippen molar-refractivity contribution in [2.75, 3.05) is 13.7 Å². The van der Waals surface area contributed by atoms with E-state index in [0.29, 0.717) is 12.2 Å². The zero-order valence-electron chi connectivity index (χ0n) is 19.4. The molecule has 3 heterocycles. The molecule has 0 atom stereocenters. The summed E-state index contributed by atoms with van der Waals surface area (Å²) < 4.78 is 13.5. The number of thiophene rings is 1. The molecule has 1 aliphatic heterocycles. The third kappa shape index (κ3) is 4.30. The maximum atomic E-state index is 13.1. The number of amides is 1. The Morgan fingerprint density at radius 1 is 1.34 bits per heavy atom. The van der Waals surface area contributed by atoms with Gasteiger partial charge in [0, 0.05) is 34.7 Å². The monoisotopic (exact) mass is 451 g/mol. The normalized spacial score (nSPS) is 12.4. The molecule has 32 heavy (non-hydrogen) atoms. The Morgan fingerprint density at radius 3 is 2.75 bits per heavy atom. The van der Waals surface area contributed by atoms with Gasteiger partial charge in [0.15, 0.2) is 5.69 Å². The fraction of sp³-hybridized carbons (Fsp3) is 0.360. The zero-order valence-corrected chi connectivity index (χ0v) is 20.2. The van der Waals surface area contributed by atoms with Crippen molar-refractivity contribution in [3.63, 3.8) is 0 Å². The Balaban J connectivity index is 1.89. The number of benzene rings is 1. The predicted octanol–water partition coefficient (Wildman–Crippen LogP) is 5.70. The minimum Gasteiger partial charge on any atom is -0.496 e. The number of nitrogens with one attached hydrogen (secondary N) is 1. The Kier molecular flexibility index (Phi) is 5.86. The van der Waals surface area contributed by atoms with Gasteiger partial charge in [0.1, 0.15) is 18.1 Å². The van der Waals surface area contributed by atoms with Crippen molar-refractivity contribution in [1.82, 2.24) is 15.1 Å². The van der Waals surface area contributed by atoms with Gasteiger partial charge in [0.05, 0.1) is 18.5 Å². The van der Waals surface area contributed by atoms with E-state index in [1.165, 1.54) is 0 Å². The highest BCUT2D eigenvalue weighted by Gasteiger charge is 2.31. The summed E-state index contributed by atoms with van der Waals surface area (Å²) >= 11 is 1.59. The molecular formula is C25H29N3O3S. The number of hydrogen-bond acceptors (Lipinski definition) is 5. The largest absolute Gasteiger partial charge is 0.496 e. The fourth-order valence-corrected chi connectivity index (χ4v) is 4.29. The smallest absolute Gasteiger partial charge is 0.272 e. The molecule has 6 nitrogen and oxygen atoms in total. The van der Waals surface area contributed by atoms with Gasteiger partial charge >= 0.3 is 0 Å². The number of aromatic nitrogens is 2. The molecule has 0 unspecified atom stereocenters. The lowest BCUT2D eigenvalue weighted by atomic mass is 9.96.